The van der Waals surface area contributed by atoms with E-state index >= 15 is 0 Å². The van der Waals surface area contributed by atoms with Crippen molar-refractivity contribution in [1.29, 1.82) is 0 Å². The van der Waals surface area contributed by atoms with Gasteiger partial charge in [0.1, 0.15) is 0 Å². The molecule has 5 nitrogen and oxygen atoms in total. The largest absolute Gasteiger partial charge is 0.481 e. The molecule has 1 N–H and O–H groups in total. The van der Waals surface area contributed by atoms with Crippen LogP contribution in [0.3, 0.4) is 0 Å². The van der Waals surface area contributed by atoms with Crippen LogP contribution in [0.5, 0.6) is 0 Å². The number of nitrogens with zero attached hydrogens (tertiary/aromatic N) is 2. The lowest BCUT2D eigenvalue weighted by Crippen LogP contribution is -2.44. The minimum absolute atomic E-state index is 0.148. The minimum atomic E-state index is -0.869. The Hall–Kier alpha value is -1.40. The third-order valence-electron chi connectivity index (χ3n) is 4.22. The zero-order valence-corrected chi connectivity index (χ0v) is 11.4. The molecule has 3 rings (SSSR count). The quantitative estimate of drug-likeness (QED) is 0.902. The van der Waals surface area contributed by atoms with Crippen molar-refractivity contribution in [1.82, 2.24) is 4.98 Å². The van der Waals surface area contributed by atoms with Gasteiger partial charge >= 0.3 is 5.97 Å². The SMILES string of the molecule is O=C(O)[C@]12CCOC[C@H]1CN(c1ncc(Cl)cc1F)C2. The maximum atomic E-state index is 13.9. The van der Waals surface area contributed by atoms with Crippen molar-refractivity contribution in [3.8, 4) is 0 Å². The van der Waals surface area contributed by atoms with E-state index in [1.54, 1.807) is 4.90 Å². The fourth-order valence-electron chi connectivity index (χ4n) is 3.10. The predicted molar refractivity (Wildman–Crippen MR) is 70.4 cm³/mol. The molecule has 0 unspecified atom stereocenters. The van der Waals surface area contributed by atoms with Crippen molar-refractivity contribution >= 4 is 23.4 Å². The number of pyridine rings is 1. The molecule has 0 spiro atoms. The first-order valence-electron chi connectivity index (χ1n) is 6.40. The summed E-state index contributed by atoms with van der Waals surface area (Å²) in [6.07, 6.45) is 1.81. The third-order valence-corrected chi connectivity index (χ3v) is 4.43. The normalized spacial score (nSPS) is 29.3. The number of carboxylic acids is 1. The molecule has 2 aliphatic rings. The Bertz CT molecular complexity index is 556. The van der Waals surface area contributed by atoms with Crippen LogP contribution in [0.25, 0.3) is 0 Å². The molecule has 1 aromatic rings. The summed E-state index contributed by atoms with van der Waals surface area (Å²) >= 11 is 5.69. The summed E-state index contributed by atoms with van der Waals surface area (Å²) in [6, 6.07) is 1.19. The van der Waals surface area contributed by atoms with Crippen LogP contribution in [0, 0.1) is 17.2 Å². The molecule has 108 valence electrons. The van der Waals surface area contributed by atoms with Crippen LogP contribution < -0.4 is 4.90 Å². The summed E-state index contributed by atoms with van der Waals surface area (Å²) in [5.41, 5.74) is -0.869. The summed E-state index contributed by atoms with van der Waals surface area (Å²) in [5, 5.41) is 9.78. The second-order valence-corrected chi connectivity index (χ2v) is 5.76. The molecule has 0 bridgehead atoms. The second-order valence-electron chi connectivity index (χ2n) is 5.32. The van der Waals surface area contributed by atoms with E-state index in [2.05, 4.69) is 4.98 Å². The van der Waals surface area contributed by atoms with E-state index in [9.17, 15) is 14.3 Å². The zero-order chi connectivity index (χ0) is 14.3. The molecule has 3 heterocycles. The third kappa shape index (κ3) is 2.03. The number of ether oxygens (including phenoxy) is 1. The first-order chi connectivity index (χ1) is 9.53. The maximum Gasteiger partial charge on any atom is 0.311 e. The van der Waals surface area contributed by atoms with Gasteiger partial charge in [0.15, 0.2) is 11.6 Å². The highest BCUT2D eigenvalue weighted by atomic mass is 35.5. The van der Waals surface area contributed by atoms with Gasteiger partial charge in [0, 0.05) is 31.8 Å². The lowest BCUT2D eigenvalue weighted by Gasteiger charge is -2.33. The number of anilines is 1. The van der Waals surface area contributed by atoms with Crippen molar-refractivity contribution in [3.05, 3.63) is 23.1 Å². The van der Waals surface area contributed by atoms with Gasteiger partial charge in [-0.3, -0.25) is 4.79 Å². The first-order valence-corrected chi connectivity index (χ1v) is 6.78. The molecule has 0 aliphatic carbocycles. The number of aromatic nitrogens is 1. The van der Waals surface area contributed by atoms with Gasteiger partial charge < -0.3 is 14.7 Å². The smallest absolute Gasteiger partial charge is 0.311 e. The van der Waals surface area contributed by atoms with Crippen molar-refractivity contribution in [3.63, 3.8) is 0 Å². The number of hydrogen-bond acceptors (Lipinski definition) is 4. The van der Waals surface area contributed by atoms with Gasteiger partial charge in [-0.05, 0) is 12.5 Å². The molecule has 2 aliphatic heterocycles. The molecule has 1 aromatic heterocycles. The van der Waals surface area contributed by atoms with E-state index in [1.165, 1.54) is 12.3 Å². The number of fused-ring (bicyclic) bond motifs is 1. The van der Waals surface area contributed by atoms with Gasteiger partial charge in [-0.15, -0.1) is 0 Å². The van der Waals surface area contributed by atoms with Crippen molar-refractivity contribution < 1.29 is 19.0 Å². The molecule has 20 heavy (non-hydrogen) atoms. The molecule has 0 amide bonds. The Morgan fingerprint density at radius 2 is 2.45 bits per heavy atom. The van der Waals surface area contributed by atoms with E-state index in [4.69, 9.17) is 16.3 Å². The highest BCUT2D eigenvalue weighted by Gasteiger charge is 2.54. The number of halogens is 2. The average Bonchev–Trinajstić information content (AvgIpc) is 2.79. The van der Waals surface area contributed by atoms with Crippen molar-refractivity contribution in [2.45, 2.75) is 6.42 Å². The monoisotopic (exact) mass is 300 g/mol. The molecule has 0 aromatic carbocycles. The van der Waals surface area contributed by atoms with E-state index in [0.717, 1.165) is 0 Å². The Kier molecular flexibility index (Phi) is 3.30. The second kappa shape index (κ2) is 4.86. The van der Waals surface area contributed by atoms with E-state index in [1.807, 2.05) is 0 Å². The van der Waals surface area contributed by atoms with Crippen LogP contribution in [-0.4, -0.2) is 42.4 Å². The van der Waals surface area contributed by atoms with Crippen LogP contribution >= 0.6 is 11.6 Å². The van der Waals surface area contributed by atoms with Gasteiger partial charge in [-0.25, -0.2) is 9.37 Å². The molecule has 2 saturated heterocycles. The topological polar surface area (TPSA) is 62.7 Å². The first kappa shape index (κ1) is 13.6. The lowest BCUT2D eigenvalue weighted by molar-refractivity contribution is -0.157. The van der Waals surface area contributed by atoms with Gasteiger partial charge in [-0.2, -0.15) is 0 Å². The predicted octanol–water partition coefficient (Wildman–Crippen LogP) is 1.80. The lowest BCUT2D eigenvalue weighted by atomic mass is 9.74. The zero-order valence-electron chi connectivity index (χ0n) is 10.7. The number of carboxylic acid groups (broad SMARTS) is 1. The Balaban J connectivity index is 1.92. The molecular weight excluding hydrogens is 287 g/mol. The molecule has 2 atom stereocenters. The summed E-state index contributed by atoms with van der Waals surface area (Å²) in [6.45, 7) is 1.49. The molecule has 2 fully saturated rings. The summed E-state index contributed by atoms with van der Waals surface area (Å²) in [4.78, 5) is 17.3. The highest BCUT2D eigenvalue weighted by molar-refractivity contribution is 6.30. The van der Waals surface area contributed by atoms with Gasteiger partial charge in [-0.1, -0.05) is 11.6 Å². The van der Waals surface area contributed by atoms with Crippen LogP contribution in [0.2, 0.25) is 5.02 Å². The van der Waals surface area contributed by atoms with E-state index in [-0.39, 0.29) is 23.3 Å². The fraction of sp³-hybridized carbons (Fsp3) is 0.538. The molecule has 0 saturated carbocycles. The fourth-order valence-corrected chi connectivity index (χ4v) is 3.25. The Morgan fingerprint density at radius 3 is 3.10 bits per heavy atom. The Morgan fingerprint density at radius 1 is 1.65 bits per heavy atom. The molecular formula is C13H14ClFN2O3. The van der Waals surface area contributed by atoms with Crippen LogP contribution in [0.15, 0.2) is 12.3 Å². The number of aliphatic carboxylic acids is 1. The number of hydrogen-bond donors (Lipinski definition) is 1. The minimum Gasteiger partial charge on any atom is -0.481 e. The Labute approximate surface area is 120 Å². The maximum absolute atomic E-state index is 13.9. The highest BCUT2D eigenvalue weighted by Crippen LogP contribution is 2.44. The van der Waals surface area contributed by atoms with E-state index < -0.39 is 17.2 Å². The number of carbonyl (C=O) groups is 1. The van der Waals surface area contributed by atoms with Gasteiger partial charge in [0.05, 0.1) is 17.0 Å². The standard InChI is InChI=1S/C13H14ClFN2O3/c14-9-3-10(15)11(16-4-9)17-5-8-6-20-2-1-13(8,7-17)12(18)19/h3-4,8H,1-2,5-7H2,(H,18,19)/t8-,13+/m1/s1. The molecule has 7 heteroatoms. The van der Waals surface area contributed by atoms with Crippen molar-refractivity contribution in [2.75, 3.05) is 31.2 Å². The van der Waals surface area contributed by atoms with Crippen LogP contribution in [-0.2, 0) is 9.53 Å². The van der Waals surface area contributed by atoms with Crippen LogP contribution in [0.1, 0.15) is 6.42 Å². The summed E-state index contributed by atoms with van der Waals surface area (Å²) < 4.78 is 19.3. The summed E-state index contributed by atoms with van der Waals surface area (Å²) in [7, 11) is 0. The average molecular weight is 301 g/mol. The van der Waals surface area contributed by atoms with Gasteiger partial charge in [0.2, 0.25) is 0 Å². The van der Waals surface area contributed by atoms with Gasteiger partial charge in [0.25, 0.3) is 0 Å². The van der Waals surface area contributed by atoms with Crippen LogP contribution in [0.4, 0.5) is 10.2 Å². The summed E-state index contributed by atoms with van der Waals surface area (Å²) in [5.74, 6) is -1.37. The van der Waals surface area contributed by atoms with E-state index in [0.29, 0.717) is 26.2 Å². The number of rotatable bonds is 2. The molecule has 0 radical (unpaired) electrons. The van der Waals surface area contributed by atoms with Crippen molar-refractivity contribution in [2.24, 2.45) is 11.3 Å².